The molecule has 0 bridgehead atoms. The molecule has 1 aromatic heterocycles. The van der Waals surface area contributed by atoms with Crippen molar-refractivity contribution in [1.82, 2.24) is 9.55 Å². The lowest BCUT2D eigenvalue weighted by molar-refractivity contribution is 0.0696. The van der Waals surface area contributed by atoms with E-state index in [-0.39, 0.29) is 0 Å². The minimum Gasteiger partial charge on any atom is -0.478 e. The van der Waals surface area contributed by atoms with E-state index in [1.54, 1.807) is 24.4 Å². The molecule has 0 unspecified atom stereocenters. The molecule has 0 saturated heterocycles. The first kappa shape index (κ1) is 16.0. The van der Waals surface area contributed by atoms with Gasteiger partial charge in [0.2, 0.25) is 0 Å². The van der Waals surface area contributed by atoms with Crippen LogP contribution in [0.2, 0.25) is 0 Å². The summed E-state index contributed by atoms with van der Waals surface area (Å²) in [5, 5.41) is 9.10. The van der Waals surface area contributed by atoms with Gasteiger partial charge < -0.3 is 9.67 Å². The predicted molar refractivity (Wildman–Crippen MR) is 93.2 cm³/mol. The van der Waals surface area contributed by atoms with Crippen molar-refractivity contribution in [3.05, 3.63) is 89.5 Å². The number of rotatable bonds is 7. The van der Waals surface area contributed by atoms with Gasteiger partial charge in [0.15, 0.2) is 0 Å². The van der Waals surface area contributed by atoms with Crippen LogP contribution in [0.25, 0.3) is 0 Å². The maximum Gasteiger partial charge on any atom is 0.335 e. The molecule has 0 amide bonds. The topological polar surface area (TPSA) is 55.1 Å². The molecule has 0 fully saturated rings. The number of nitrogens with zero attached hydrogens (tertiary/aromatic N) is 2. The van der Waals surface area contributed by atoms with Crippen molar-refractivity contribution in [3.63, 3.8) is 0 Å². The monoisotopic (exact) mass is 320 g/mol. The minimum absolute atomic E-state index is 0.318. The van der Waals surface area contributed by atoms with Gasteiger partial charge in [0.25, 0.3) is 0 Å². The van der Waals surface area contributed by atoms with Crippen LogP contribution >= 0.6 is 0 Å². The maximum absolute atomic E-state index is 11.1. The first-order chi connectivity index (χ1) is 11.7. The summed E-state index contributed by atoms with van der Waals surface area (Å²) < 4.78 is 2.09. The molecule has 0 atom stereocenters. The highest BCUT2D eigenvalue weighted by Crippen LogP contribution is 2.11. The second-order valence-corrected chi connectivity index (χ2v) is 5.82. The summed E-state index contributed by atoms with van der Waals surface area (Å²) in [7, 11) is 0. The Kier molecular flexibility index (Phi) is 5.06. The van der Waals surface area contributed by atoms with Gasteiger partial charge in [0.1, 0.15) is 5.82 Å². The number of imidazole rings is 1. The predicted octanol–water partition coefficient (Wildman–Crippen LogP) is 3.80. The molecule has 1 N–H and O–H groups in total. The molecule has 1 heterocycles. The van der Waals surface area contributed by atoms with Crippen LogP contribution in [-0.2, 0) is 19.4 Å². The second kappa shape index (κ2) is 7.59. The van der Waals surface area contributed by atoms with Crippen LogP contribution in [-0.4, -0.2) is 20.6 Å². The minimum atomic E-state index is -0.898. The van der Waals surface area contributed by atoms with Gasteiger partial charge in [-0.3, -0.25) is 0 Å². The Morgan fingerprint density at radius 1 is 1.00 bits per heavy atom. The van der Waals surface area contributed by atoms with Crippen molar-refractivity contribution >= 4 is 5.97 Å². The van der Waals surface area contributed by atoms with Gasteiger partial charge >= 0.3 is 5.97 Å². The lowest BCUT2D eigenvalue weighted by Gasteiger charge is -2.09. The van der Waals surface area contributed by atoms with Gasteiger partial charge in [-0.1, -0.05) is 42.5 Å². The standard InChI is InChI=1S/C20H20N2O2/c23-20(24)18-10-4-9-17(14-18)15-22-13-12-21-19(22)11-5-8-16-6-2-1-3-7-16/h1-4,6-7,9-10,12-14H,5,8,11,15H2,(H,23,24). The van der Waals surface area contributed by atoms with E-state index in [1.807, 2.05) is 18.3 Å². The largest absolute Gasteiger partial charge is 0.478 e. The molecule has 24 heavy (non-hydrogen) atoms. The van der Waals surface area contributed by atoms with Crippen molar-refractivity contribution in [2.45, 2.75) is 25.8 Å². The molecule has 122 valence electrons. The first-order valence-corrected chi connectivity index (χ1v) is 8.08. The molecule has 0 saturated carbocycles. The number of carbonyl (C=O) groups is 1. The average Bonchev–Trinajstić information content (AvgIpc) is 3.03. The third-order valence-electron chi connectivity index (χ3n) is 4.04. The Hall–Kier alpha value is -2.88. The fourth-order valence-corrected chi connectivity index (χ4v) is 2.81. The smallest absolute Gasteiger partial charge is 0.335 e. The van der Waals surface area contributed by atoms with Crippen LogP contribution in [0.15, 0.2) is 67.0 Å². The van der Waals surface area contributed by atoms with E-state index < -0.39 is 5.97 Å². The number of benzene rings is 2. The van der Waals surface area contributed by atoms with E-state index in [1.165, 1.54) is 5.56 Å². The van der Waals surface area contributed by atoms with Crippen molar-refractivity contribution < 1.29 is 9.90 Å². The molecule has 0 aliphatic rings. The van der Waals surface area contributed by atoms with Gasteiger partial charge in [0.05, 0.1) is 5.56 Å². The normalized spacial score (nSPS) is 10.7. The summed E-state index contributed by atoms with van der Waals surface area (Å²) >= 11 is 0. The maximum atomic E-state index is 11.1. The number of hydrogen-bond acceptors (Lipinski definition) is 2. The fourth-order valence-electron chi connectivity index (χ4n) is 2.81. The highest BCUT2D eigenvalue weighted by Gasteiger charge is 2.07. The van der Waals surface area contributed by atoms with Gasteiger partial charge in [-0.05, 0) is 36.1 Å². The lowest BCUT2D eigenvalue weighted by atomic mass is 10.1. The highest BCUT2D eigenvalue weighted by atomic mass is 16.4. The average molecular weight is 320 g/mol. The van der Waals surface area contributed by atoms with E-state index in [2.05, 4.69) is 33.8 Å². The third kappa shape index (κ3) is 4.10. The Morgan fingerprint density at radius 3 is 2.58 bits per heavy atom. The molecule has 3 aromatic rings. The zero-order valence-electron chi connectivity index (χ0n) is 13.4. The van der Waals surface area contributed by atoms with E-state index in [0.717, 1.165) is 30.7 Å². The van der Waals surface area contributed by atoms with E-state index in [4.69, 9.17) is 5.11 Å². The third-order valence-corrected chi connectivity index (χ3v) is 4.04. The summed E-state index contributed by atoms with van der Waals surface area (Å²) in [6, 6.07) is 17.5. The van der Waals surface area contributed by atoms with Crippen molar-refractivity contribution in [1.29, 1.82) is 0 Å². The van der Waals surface area contributed by atoms with Gasteiger partial charge in [-0.2, -0.15) is 0 Å². The number of aromatic carboxylic acids is 1. The van der Waals surface area contributed by atoms with E-state index >= 15 is 0 Å². The van der Waals surface area contributed by atoms with Crippen LogP contribution in [0.3, 0.4) is 0 Å². The number of carboxylic acid groups (broad SMARTS) is 1. The molecule has 0 aliphatic carbocycles. The van der Waals surface area contributed by atoms with Crippen LogP contribution in [0.1, 0.15) is 33.7 Å². The number of carboxylic acids is 1. The summed E-state index contributed by atoms with van der Waals surface area (Å²) in [6.45, 7) is 0.641. The second-order valence-electron chi connectivity index (χ2n) is 5.82. The molecule has 4 nitrogen and oxygen atoms in total. The molecular formula is C20H20N2O2. The number of aryl methyl sites for hydroxylation is 2. The Morgan fingerprint density at radius 2 is 1.79 bits per heavy atom. The molecule has 0 aliphatic heterocycles. The quantitative estimate of drug-likeness (QED) is 0.720. The summed E-state index contributed by atoms with van der Waals surface area (Å²) in [5.41, 5.74) is 2.63. The summed E-state index contributed by atoms with van der Waals surface area (Å²) in [6.07, 6.45) is 6.73. The molecular weight excluding hydrogens is 300 g/mol. The van der Waals surface area contributed by atoms with Gasteiger partial charge in [-0.25, -0.2) is 9.78 Å². The molecule has 2 aromatic carbocycles. The molecule has 4 heteroatoms. The summed E-state index contributed by atoms with van der Waals surface area (Å²) in [4.78, 5) is 15.5. The van der Waals surface area contributed by atoms with E-state index in [0.29, 0.717) is 12.1 Å². The Balaban J connectivity index is 1.63. The SMILES string of the molecule is O=C(O)c1cccc(Cn2ccnc2CCCc2ccccc2)c1. The fraction of sp³-hybridized carbons (Fsp3) is 0.200. The number of aromatic nitrogens is 2. The lowest BCUT2D eigenvalue weighted by Crippen LogP contribution is -2.06. The van der Waals surface area contributed by atoms with Gasteiger partial charge in [0, 0.05) is 25.4 Å². The summed E-state index contributed by atoms with van der Waals surface area (Å²) in [5.74, 6) is 0.136. The molecule has 3 rings (SSSR count). The van der Waals surface area contributed by atoms with Crippen LogP contribution in [0, 0.1) is 0 Å². The zero-order chi connectivity index (χ0) is 16.8. The van der Waals surface area contributed by atoms with E-state index in [9.17, 15) is 4.79 Å². The van der Waals surface area contributed by atoms with Crippen molar-refractivity contribution in [2.24, 2.45) is 0 Å². The molecule has 0 spiro atoms. The van der Waals surface area contributed by atoms with Crippen molar-refractivity contribution in [2.75, 3.05) is 0 Å². The highest BCUT2D eigenvalue weighted by molar-refractivity contribution is 5.87. The van der Waals surface area contributed by atoms with Crippen LogP contribution < -0.4 is 0 Å². The zero-order valence-corrected chi connectivity index (χ0v) is 13.4. The Labute approximate surface area is 141 Å². The molecule has 0 radical (unpaired) electrons. The van der Waals surface area contributed by atoms with Crippen LogP contribution in [0.5, 0.6) is 0 Å². The van der Waals surface area contributed by atoms with Crippen molar-refractivity contribution in [3.8, 4) is 0 Å². The number of hydrogen-bond donors (Lipinski definition) is 1. The first-order valence-electron chi connectivity index (χ1n) is 8.08. The Bertz CT molecular complexity index is 809. The van der Waals surface area contributed by atoms with Gasteiger partial charge in [-0.15, -0.1) is 0 Å². The van der Waals surface area contributed by atoms with Crippen LogP contribution in [0.4, 0.5) is 0 Å².